The predicted molar refractivity (Wildman–Crippen MR) is 80.2 cm³/mol. The highest BCUT2D eigenvalue weighted by molar-refractivity contribution is 5.50. The Kier molecular flexibility index (Phi) is 3.50. The van der Waals surface area contributed by atoms with Gasteiger partial charge in [0.15, 0.2) is 0 Å². The number of pyridine rings is 1. The van der Waals surface area contributed by atoms with Crippen molar-refractivity contribution in [2.24, 2.45) is 0 Å². The highest BCUT2D eigenvalue weighted by Gasteiger charge is 2.20. The molecule has 5 nitrogen and oxygen atoms in total. The lowest BCUT2D eigenvalue weighted by Crippen LogP contribution is -2.47. The molecule has 2 aromatic rings. The van der Waals surface area contributed by atoms with Gasteiger partial charge in [0.2, 0.25) is 0 Å². The lowest BCUT2D eigenvalue weighted by molar-refractivity contribution is 0.639. The van der Waals surface area contributed by atoms with E-state index in [0.29, 0.717) is 0 Å². The maximum atomic E-state index is 4.44. The van der Waals surface area contributed by atoms with E-state index in [4.69, 9.17) is 0 Å². The standard InChI is InChI=1S/C15H19N5/c1-12-13(2)17-11-18-15(12)20-9-7-19(8-10-20)14-5-3-4-6-16-14/h3-6,11H,7-10H2,1-2H3. The summed E-state index contributed by atoms with van der Waals surface area (Å²) in [6.45, 7) is 8.00. The fraction of sp³-hybridized carbons (Fsp3) is 0.400. The Bertz CT molecular complexity index is 576. The van der Waals surface area contributed by atoms with E-state index in [0.717, 1.165) is 43.5 Å². The molecule has 3 rings (SSSR count). The van der Waals surface area contributed by atoms with E-state index in [2.05, 4.69) is 37.7 Å². The molecule has 104 valence electrons. The molecule has 0 aliphatic carbocycles. The SMILES string of the molecule is Cc1ncnc(N2CCN(c3ccccn3)CC2)c1C. The summed E-state index contributed by atoms with van der Waals surface area (Å²) >= 11 is 0. The molecule has 1 fully saturated rings. The van der Waals surface area contributed by atoms with Gasteiger partial charge in [-0.3, -0.25) is 0 Å². The first kappa shape index (κ1) is 12.8. The Morgan fingerprint density at radius 1 is 0.900 bits per heavy atom. The summed E-state index contributed by atoms with van der Waals surface area (Å²) < 4.78 is 0. The third-order valence-electron chi connectivity index (χ3n) is 3.86. The number of anilines is 2. The Labute approximate surface area is 119 Å². The second-order valence-electron chi connectivity index (χ2n) is 5.07. The van der Waals surface area contributed by atoms with Gasteiger partial charge >= 0.3 is 0 Å². The molecule has 0 saturated carbocycles. The fourth-order valence-electron chi connectivity index (χ4n) is 2.53. The molecule has 1 saturated heterocycles. The van der Waals surface area contributed by atoms with Crippen LogP contribution in [-0.4, -0.2) is 41.1 Å². The number of rotatable bonds is 2. The largest absolute Gasteiger partial charge is 0.353 e. The van der Waals surface area contributed by atoms with Gasteiger partial charge in [-0.1, -0.05) is 6.07 Å². The lowest BCUT2D eigenvalue weighted by atomic mass is 10.2. The van der Waals surface area contributed by atoms with Crippen LogP contribution in [0.5, 0.6) is 0 Å². The summed E-state index contributed by atoms with van der Waals surface area (Å²) in [5, 5.41) is 0. The third kappa shape index (κ3) is 2.43. The van der Waals surface area contributed by atoms with Gasteiger partial charge < -0.3 is 9.80 Å². The minimum Gasteiger partial charge on any atom is -0.353 e. The van der Waals surface area contributed by atoms with Crippen LogP contribution in [0.25, 0.3) is 0 Å². The average molecular weight is 269 g/mol. The highest BCUT2D eigenvalue weighted by atomic mass is 15.3. The van der Waals surface area contributed by atoms with Crippen LogP contribution in [0.3, 0.4) is 0 Å². The van der Waals surface area contributed by atoms with Gasteiger partial charge in [0.1, 0.15) is 18.0 Å². The van der Waals surface area contributed by atoms with Gasteiger partial charge in [0, 0.05) is 43.6 Å². The van der Waals surface area contributed by atoms with E-state index in [1.54, 1.807) is 6.33 Å². The van der Waals surface area contributed by atoms with Crippen molar-refractivity contribution in [3.8, 4) is 0 Å². The second-order valence-corrected chi connectivity index (χ2v) is 5.07. The number of hydrogen-bond acceptors (Lipinski definition) is 5. The number of nitrogens with zero attached hydrogens (tertiary/aromatic N) is 5. The molecule has 1 aliphatic heterocycles. The number of aryl methyl sites for hydroxylation is 1. The van der Waals surface area contributed by atoms with Gasteiger partial charge in [0.25, 0.3) is 0 Å². The molecule has 20 heavy (non-hydrogen) atoms. The van der Waals surface area contributed by atoms with Crippen molar-refractivity contribution in [1.29, 1.82) is 0 Å². The van der Waals surface area contributed by atoms with E-state index in [1.807, 2.05) is 25.3 Å². The van der Waals surface area contributed by atoms with Crippen molar-refractivity contribution in [3.05, 3.63) is 42.0 Å². The Balaban J connectivity index is 1.71. The molecule has 0 amide bonds. The molecule has 0 aromatic carbocycles. The molecule has 0 atom stereocenters. The van der Waals surface area contributed by atoms with Crippen molar-refractivity contribution in [2.45, 2.75) is 13.8 Å². The normalized spacial score (nSPS) is 15.5. The van der Waals surface area contributed by atoms with Crippen LogP contribution in [0.4, 0.5) is 11.6 Å². The topological polar surface area (TPSA) is 45.2 Å². The Morgan fingerprint density at radius 3 is 2.35 bits per heavy atom. The van der Waals surface area contributed by atoms with E-state index >= 15 is 0 Å². The van der Waals surface area contributed by atoms with Crippen LogP contribution in [0, 0.1) is 13.8 Å². The first-order valence-electron chi connectivity index (χ1n) is 6.95. The van der Waals surface area contributed by atoms with Crippen molar-refractivity contribution in [3.63, 3.8) is 0 Å². The first-order valence-corrected chi connectivity index (χ1v) is 6.95. The molecular weight excluding hydrogens is 250 g/mol. The molecule has 0 radical (unpaired) electrons. The molecule has 1 aliphatic rings. The molecule has 0 N–H and O–H groups in total. The lowest BCUT2D eigenvalue weighted by Gasteiger charge is -2.36. The van der Waals surface area contributed by atoms with Crippen LogP contribution in [0.2, 0.25) is 0 Å². The van der Waals surface area contributed by atoms with Gasteiger partial charge in [-0.25, -0.2) is 15.0 Å². The summed E-state index contributed by atoms with van der Waals surface area (Å²) in [6.07, 6.45) is 3.50. The zero-order chi connectivity index (χ0) is 13.9. The van der Waals surface area contributed by atoms with Crippen molar-refractivity contribution in [2.75, 3.05) is 36.0 Å². The Morgan fingerprint density at radius 2 is 1.65 bits per heavy atom. The maximum Gasteiger partial charge on any atom is 0.135 e. The summed E-state index contributed by atoms with van der Waals surface area (Å²) in [4.78, 5) is 17.7. The molecule has 3 heterocycles. The van der Waals surface area contributed by atoms with Gasteiger partial charge in [-0.2, -0.15) is 0 Å². The van der Waals surface area contributed by atoms with Crippen molar-refractivity contribution in [1.82, 2.24) is 15.0 Å². The molecule has 0 unspecified atom stereocenters. The summed E-state index contributed by atoms with van der Waals surface area (Å²) in [5.41, 5.74) is 2.24. The fourth-order valence-corrected chi connectivity index (χ4v) is 2.53. The van der Waals surface area contributed by atoms with Crippen LogP contribution >= 0.6 is 0 Å². The van der Waals surface area contributed by atoms with Gasteiger partial charge in [-0.05, 0) is 26.0 Å². The van der Waals surface area contributed by atoms with E-state index in [-0.39, 0.29) is 0 Å². The molecule has 0 spiro atoms. The quantitative estimate of drug-likeness (QED) is 0.832. The third-order valence-corrected chi connectivity index (χ3v) is 3.86. The van der Waals surface area contributed by atoms with Crippen molar-refractivity contribution < 1.29 is 0 Å². The van der Waals surface area contributed by atoms with E-state index in [9.17, 15) is 0 Å². The van der Waals surface area contributed by atoms with E-state index in [1.165, 1.54) is 5.56 Å². The maximum absolute atomic E-state index is 4.44. The minimum atomic E-state index is 0.966. The summed E-state index contributed by atoms with van der Waals surface area (Å²) in [7, 11) is 0. The molecule has 0 bridgehead atoms. The summed E-state index contributed by atoms with van der Waals surface area (Å²) in [6, 6.07) is 6.05. The Hall–Kier alpha value is -2.17. The molecule has 5 heteroatoms. The van der Waals surface area contributed by atoms with E-state index < -0.39 is 0 Å². The molecule has 2 aromatic heterocycles. The number of piperazine rings is 1. The zero-order valence-electron chi connectivity index (χ0n) is 12.0. The van der Waals surface area contributed by atoms with Crippen LogP contribution in [-0.2, 0) is 0 Å². The smallest absolute Gasteiger partial charge is 0.135 e. The second kappa shape index (κ2) is 5.45. The minimum absolute atomic E-state index is 0.966. The van der Waals surface area contributed by atoms with Crippen LogP contribution in [0.15, 0.2) is 30.7 Å². The average Bonchev–Trinajstić information content (AvgIpc) is 2.51. The number of hydrogen-bond donors (Lipinski definition) is 0. The summed E-state index contributed by atoms with van der Waals surface area (Å²) in [5.74, 6) is 2.13. The highest BCUT2D eigenvalue weighted by Crippen LogP contribution is 2.21. The first-order chi connectivity index (χ1) is 9.75. The molecular formula is C15H19N5. The zero-order valence-corrected chi connectivity index (χ0v) is 12.0. The van der Waals surface area contributed by atoms with Crippen LogP contribution < -0.4 is 9.80 Å². The van der Waals surface area contributed by atoms with Crippen LogP contribution in [0.1, 0.15) is 11.3 Å². The monoisotopic (exact) mass is 269 g/mol. The predicted octanol–water partition coefficient (Wildman–Crippen LogP) is 1.82. The van der Waals surface area contributed by atoms with Gasteiger partial charge in [0.05, 0.1) is 0 Å². The van der Waals surface area contributed by atoms with Crippen molar-refractivity contribution >= 4 is 11.6 Å². The number of aromatic nitrogens is 3. The van der Waals surface area contributed by atoms with Gasteiger partial charge in [-0.15, -0.1) is 0 Å².